The average Bonchev–Trinajstić information content (AvgIpc) is 2.77. The zero-order valence-electron chi connectivity index (χ0n) is 12.1. The highest BCUT2D eigenvalue weighted by Crippen LogP contribution is 2.31. The first kappa shape index (κ1) is 13.9. The van der Waals surface area contributed by atoms with Crippen molar-refractivity contribution in [1.29, 1.82) is 0 Å². The number of aryl methyl sites for hydroxylation is 2. The number of pyridine rings is 1. The van der Waals surface area contributed by atoms with Gasteiger partial charge in [-0.05, 0) is 65.2 Å². The number of rotatable bonds is 2. The summed E-state index contributed by atoms with van der Waals surface area (Å²) in [6, 6.07) is 8.00. The van der Waals surface area contributed by atoms with E-state index in [2.05, 4.69) is 15.9 Å². The number of imidazole rings is 1. The maximum Gasteiger partial charge on any atom is 0.142 e. The Balaban J connectivity index is 2.23. The molecule has 0 aliphatic heterocycles. The van der Waals surface area contributed by atoms with Crippen LogP contribution in [0, 0.1) is 13.8 Å². The largest absolute Gasteiger partial charge is 0.496 e. The summed E-state index contributed by atoms with van der Waals surface area (Å²) in [5, 5.41) is 0. The van der Waals surface area contributed by atoms with Gasteiger partial charge in [0.15, 0.2) is 0 Å². The van der Waals surface area contributed by atoms with Crippen molar-refractivity contribution in [3.63, 3.8) is 0 Å². The van der Waals surface area contributed by atoms with Gasteiger partial charge in [0.2, 0.25) is 0 Å². The van der Waals surface area contributed by atoms with Crippen molar-refractivity contribution in [3.05, 3.63) is 46.1 Å². The highest BCUT2D eigenvalue weighted by Gasteiger charge is 2.14. The highest BCUT2D eigenvalue weighted by molar-refractivity contribution is 9.10. The Morgan fingerprint density at radius 1 is 1.19 bits per heavy atom. The van der Waals surface area contributed by atoms with Crippen LogP contribution < -0.4 is 10.5 Å². The van der Waals surface area contributed by atoms with Crippen LogP contribution in [0.4, 0.5) is 5.82 Å². The van der Waals surface area contributed by atoms with Crippen LogP contribution in [0.2, 0.25) is 0 Å². The van der Waals surface area contributed by atoms with Crippen LogP contribution in [0.5, 0.6) is 5.75 Å². The molecule has 0 amide bonds. The number of benzene rings is 1. The van der Waals surface area contributed by atoms with Crippen LogP contribution in [0.1, 0.15) is 11.1 Å². The molecule has 0 saturated carbocycles. The molecule has 0 unspecified atom stereocenters. The molecule has 0 spiro atoms. The second kappa shape index (κ2) is 5.07. The standard InChI is InChI=1S/C16H16BrN3O/c1-9-6-11(4-5-13(9)21-3)14-15(18)20-8-12(17)7-10(2)16(20)19-14/h4-8H,18H2,1-3H3. The summed E-state index contributed by atoms with van der Waals surface area (Å²) >= 11 is 3.49. The quantitative estimate of drug-likeness (QED) is 0.764. The number of nitrogens with zero attached hydrogens (tertiary/aromatic N) is 2. The minimum absolute atomic E-state index is 0.638. The van der Waals surface area contributed by atoms with E-state index in [1.165, 1.54) is 0 Å². The molecule has 4 nitrogen and oxygen atoms in total. The Hall–Kier alpha value is -2.01. The second-order valence-corrected chi connectivity index (χ2v) is 5.98. The topological polar surface area (TPSA) is 52.5 Å². The molecule has 0 radical (unpaired) electrons. The van der Waals surface area contributed by atoms with Crippen molar-refractivity contribution < 1.29 is 4.74 Å². The van der Waals surface area contributed by atoms with Gasteiger partial charge in [0.25, 0.3) is 0 Å². The third-order valence-corrected chi connectivity index (χ3v) is 4.01. The number of methoxy groups -OCH3 is 1. The lowest BCUT2D eigenvalue weighted by molar-refractivity contribution is 0.412. The molecule has 0 aliphatic rings. The molecule has 3 rings (SSSR count). The minimum atomic E-state index is 0.638. The minimum Gasteiger partial charge on any atom is -0.496 e. The van der Waals surface area contributed by atoms with E-state index in [0.717, 1.165) is 38.3 Å². The van der Waals surface area contributed by atoms with Crippen LogP contribution in [0.3, 0.4) is 0 Å². The van der Waals surface area contributed by atoms with Crippen LogP contribution in [-0.4, -0.2) is 16.5 Å². The zero-order chi connectivity index (χ0) is 15.1. The SMILES string of the molecule is COc1ccc(-c2nc3c(C)cc(Br)cn3c2N)cc1C. The number of hydrogen-bond donors (Lipinski definition) is 1. The lowest BCUT2D eigenvalue weighted by Gasteiger charge is -2.06. The fraction of sp³-hybridized carbons (Fsp3) is 0.188. The van der Waals surface area contributed by atoms with E-state index >= 15 is 0 Å². The molecule has 0 fully saturated rings. The van der Waals surface area contributed by atoms with Crippen molar-refractivity contribution in [2.24, 2.45) is 0 Å². The molecule has 1 aromatic carbocycles. The zero-order valence-corrected chi connectivity index (χ0v) is 13.7. The first-order valence-electron chi connectivity index (χ1n) is 6.60. The van der Waals surface area contributed by atoms with Gasteiger partial charge in [-0.3, -0.25) is 4.40 Å². The van der Waals surface area contributed by atoms with Gasteiger partial charge in [-0.1, -0.05) is 0 Å². The number of nitrogens with two attached hydrogens (primary N) is 1. The van der Waals surface area contributed by atoms with Crippen molar-refractivity contribution in [1.82, 2.24) is 9.38 Å². The summed E-state index contributed by atoms with van der Waals surface area (Å²) in [4.78, 5) is 4.70. The first-order chi connectivity index (χ1) is 10.0. The molecular formula is C16H16BrN3O. The van der Waals surface area contributed by atoms with Gasteiger partial charge >= 0.3 is 0 Å². The molecule has 0 bridgehead atoms. The molecular weight excluding hydrogens is 330 g/mol. The van der Waals surface area contributed by atoms with Crippen LogP contribution in [0.25, 0.3) is 16.9 Å². The Bertz CT molecular complexity index is 839. The van der Waals surface area contributed by atoms with E-state index in [-0.39, 0.29) is 0 Å². The fourth-order valence-corrected chi connectivity index (χ4v) is 3.07. The highest BCUT2D eigenvalue weighted by atomic mass is 79.9. The van der Waals surface area contributed by atoms with Crippen molar-refractivity contribution >= 4 is 27.4 Å². The van der Waals surface area contributed by atoms with E-state index < -0.39 is 0 Å². The molecule has 0 saturated heterocycles. The lowest BCUT2D eigenvalue weighted by atomic mass is 10.1. The molecule has 0 aliphatic carbocycles. The Labute approximate surface area is 131 Å². The first-order valence-corrected chi connectivity index (χ1v) is 7.39. The summed E-state index contributed by atoms with van der Waals surface area (Å²) in [6.07, 6.45) is 1.94. The van der Waals surface area contributed by atoms with E-state index in [0.29, 0.717) is 5.82 Å². The maximum absolute atomic E-state index is 6.28. The monoisotopic (exact) mass is 345 g/mol. The normalized spacial score (nSPS) is 11.0. The third kappa shape index (κ3) is 2.27. The Morgan fingerprint density at radius 2 is 1.95 bits per heavy atom. The summed E-state index contributed by atoms with van der Waals surface area (Å²) in [5.41, 5.74) is 11.1. The molecule has 5 heteroatoms. The molecule has 2 N–H and O–H groups in total. The van der Waals surface area contributed by atoms with E-state index in [1.54, 1.807) is 7.11 Å². The van der Waals surface area contributed by atoms with Gasteiger partial charge in [0.05, 0.1) is 7.11 Å². The van der Waals surface area contributed by atoms with E-state index in [4.69, 9.17) is 15.5 Å². The predicted molar refractivity (Wildman–Crippen MR) is 88.8 cm³/mol. The lowest BCUT2D eigenvalue weighted by Crippen LogP contribution is -1.95. The number of anilines is 1. The molecule has 21 heavy (non-hydrogen) atoms. The third-order valence-electron chi connectivity index (χ3n) is 3.58. The van der Waals surface area contributed by atoms with Gasteiger partial charge in [-0.2, -0.15) is 0 Å². The number of ether oxygens (including phenoxy) is 1. The summed E-state index contributed by atoms with van der Waals surface area (Å²) in [5.74, 6) is 1.50. The molecule has 3 aromatic rings. The fourth-order valence-electron chi connectivity index (χ4n) is 2.52. The Kier molecular flexibility index (Phi) is 3.37. The average molecular weight is 346 g/mol. The van der Waals surface area contributed by atoms with Crippen LogP contribution in [0.15, 0.2) is 34.9 Å². The Morgan fingerprint density at radius 3 is 2.62 bits per heavy atom. The number of halogens is 1. The van der Waals surface area contributed by atoms with Gasteiger partial charge in [0, 0.05) is 16.2 Å². The molecule has 0 atom stereocenters. The van der Waals surface area contributed by atoms with E-state index in [9.17, 15) is 0 Å². The van der Waals surface area contributed by atoms with Crippen molar-refractivity contribution in [2.45, 2.75) is 13.8 Å². The van der Waals surface area contributed by atoms with Crippen LogP contribution >= 0.6 is 15.9 Å². The summed E-state index contributed by atoms with van der Waals surface area (Å²) < 4.78 is 8.19. The van der Waals surface area contributed by atoms with Gasteiger partial charge < -0.3 is 10.5 Å². The number of hydrogen-bond acceptors (Lipinski definition) is 3. The predicted octanol–water partition coefficient (Wildman–Crippen LogP) is 3.97. The van der Waals surface area contributed by atoms with Crippen LogP contribution in [-0.2, 0) is 0 Å². The van der Waals surface area contributed by atoms with Gasteiger partial charge in [-0.15, -0.1) is 0 Å². The summed E-state index contributed by atoms with van der Waals surface area (Å²) in [6.45, 7) is 4.03. The van der Waals surface area contributed by atoms with Gasteiger partial charge in [0.1, 0.15) is 22.9 Å². The smallest absolute Gasteiger partial charge is 0.142 e. The number of fused-ring (bicyclic) bond motifs is 1. The second-order valence-electron chi connectivity index (χ2n) is 5.06. The summed E-state index contributed by atoms with van der Waals surface area (Å²) in [7, 11) is 1.67. The molecule has 2 heterocycles. The molecule has 2 aromatic heterocycles. The molecule has 108 valence electrons. The van der Waals surface area contributed by atoms with E-state index in [1.807, 2.05) is 48.7 Å². The maximum atomic E-state index is 6.28. The van der Waals surface area contributed by atoms with Crippen molar-refractivity contribution in [3.8, 4) is 17.0 Å². The van der Waals surface area contributed by atoms with Gasteiger partial charge in [-0.25, -0.2) is 4.98 Å². The van der Waals surface area contributed by atoms with Crippen molar-refractivity contribution in [2.75, 3.05) is 12.8 Å². The number of nitrogen functional groups attached to an aromatic ring is 1. The number of aromatic nitrogens is 2.